The first-order valence-electron chi connectivity index (χ1n) is 8.15. The van der Waals surface area contributed by atoms with Gasteiger partial charge in [-0.2, -0.15) is 0 Å². The zero-order valence-corrected chi connectivity index (χ0v) is 17.0. The van der Waals surface area contributed by atoms with Gasteiger partial charge in [0.2, 0.25) is 5.13 Å². The van der Waals surface area contributed by atoms with E-state index in [1.807, 2.05) is 12.1 Å². The highest BCUT2D eigenvalue weighted by molar-refractivity contribution is 7.93. The number of sulfonamides is 1. The fourth-order valence-electron chi connectivity index (χ4n) is 2.64. The van der Waals surface area contributed by atoms with Gasteiger partial charge in [-0.3, -0.25) is 4.72 Å². The molecule has 9 heteroatoms. The molecule has 1 N–H and O–H groups in total. The minimum atomic E-state index is -3.79. The van der Waals surface area contributed by atoms with Crippen LogP contribution in [0.25, 0.3) is 21.3 Å². The van der Waals surface area contributed by atoms with E-state index in [0.29, 0.717) is 15.8 Å². The van der Waals surface area contributed by atoms with Crippen molar-refractivity contribution in [3.63, 3.8) is 0 Å². The first-order valence-corrected chi connectivity index (χ1v) is 10.8. The van der Waals surface area contributed by atoms with Crippen molar-refractivity contribution in [1.82, 2.24) is 10.2 Å². The van der Waals surface area contributed by atoms with E-state index in [1.165, 1.54) is 0 Å². The Labute approximate surface area is 170 Å². The first-order chi connectivity index (χ1) is 13.4. The number of halogens is 1. The lowest BCUT2D eigenvalue weighted by molar-refractivity contribution is 0.415. The quantitative estimate of drug-likeness (QED) is 0.489. The van der Waals surface area contributed by atoms with Crippen molar-refractivity contribution >= 4 is 48.9 Å². The standard InChI is InChI=1S/C19H14ClN3O3S2/c1-26-16-8-4-14-11-17(9-5-13(14)10-16)28(24,25)23-19-22-21-18(27-19)12-2-6-15(20)7-3-12/h2-11H,1H3,(H,22,23). The molecule has 142 valence electrons. The minimum absolute atomic E-state index is 0.147. The van der Waals surface area contributed by atoms with Gasteiger partial charge < -0.3 is 4.74 Å². The van der Waals surface area contributed by atoms with Crippen molar-refractivity contribution in [2.75, 3.05) is 11.8 Å². The lowest BCUT2D eigenvalue weighted by Crippen LogP contribution is -2.12. The van der Waals surface area contributed by atoms with Gasteiger partial charge in [0.05, 0.1) is 12.0 Å². The molecule has 0 aliphatic rings. The van der Waals surface area contributed by atoms with Crippen LogP contribution in [0.3, 0.4) is 0 Å². The van der Waals surface area contributed by atoms with Crippen LogP contribution in [0.5, 0.6) is 5.75 Å². The topological polar surface area (TPSA) is 81.2 Å². The summed E-state index contributed by atoms with van der Waals surface area (Å²) in [5.74, 6) is 0.713. The van der Waals surface area contributed by atoms with E-state index >= 15 is 0 Å². The van der Waals surface area contributed by atoms with Crippen molar-refractivity contribution < 1.29 is 13.2 Å². The molecule has 0 aliphatic carbocycles. The van der Waals surface area contributed by atoms with Gasteiger partial charge in [0.1, 0.15) is 10.8 Å². The molecule has 1 heterocycles. The normalized spacial score (nSPS) is 11.5. The summed E-state index contributed by atoms with van der Waals surface area (Å²) < 4.78 is 33.2. The van der Waals surface area contributed by atoms with Gasteiger partial charge in [-0.05, 0) is 47.2 Å². The average Bonchev–Trinajstić information content (AvgIpc) is 3.15. The number of aromatic nitrogens is 2. The van der Waals surface area contributed by atoms with Gasteiger partial charge >= 0.3 is 0 Å². The number of nitrogens with one attached hydrogen (secondary N) is 1. The molecule has 0 fully saturated rings. The van der Waals surface area contributed by atoms with Crippen molar-refractivity contribution in [2.45, 2.75) is 4.90 Å². The summed E-state index contributed by atoms with van der Waals surface area (Å²) in [6.45, 7) is 0. The predicted octanol–water partition coefficient (Wildman–Crippen LogP) is 4.82. The fraction of sp³-hybridized carbons (Fsp3) is 0.0526. The van der Waals surface area contributed by atoms with Crippen LogP contribution in [0.2, 0.25) is 5.02 Å². The van der Waals surface area contributed by atoms with Crippen LogP contribution in [-0.4, -0.2) is 25.7 Å². The molecule has 0 spiro atoms. The maximum absolute atomic E-state index is 12.7. The Morgan fingerprint density at radius 3 is 2.43 bits per heavy atom. The van der Waals surface area contributed by atoms with Gasteiger partial charge in [0.25, 0.3) is 10.0 Å². The summed E-state index contributed by atoms with van der Waals surface area (Å²) in [5, 5.41) is 11.1. The first kappa shape index (κ1) is 18.7. The SMILES string of the molecule is COc1ccc2cc(S(=O)(=O)Nc3nnc(-c4ccc(Cl)cc4)s3)ccc2c1. The Morgan fingerprint density at radius 1 is 0.964 bits per heavy atom. The predicted molar refractivity (Wildman–Crippen MR) is 112 cm³/mol. The molecule has 3 aromatic carbocycles. The monoisotopic (exact) mass is 431 g/mol. The molecule has 0 saturated carbocycles. The number of fused-ring (bicyclic) bond motifs is 1. The van der Waals surface area contributed by atoms with E-state index in [-0.39, 0.29) is 10.0 Å². The zero-order valence-electron chi connectivity index (χ0n) is 14.6. The van der Waals surface area contributed by atoms with Gasteiger partial charge in [-0.15, -0.1) is 10.2 Å². The smallest absolute Gasteiger partial charge is 0.263 e. The van der Waals surface area contributed by atoms with E-state index < -0.39 is 10.0 Å². The summed E-state index contributed by atoms with van der Waals surface area (Å²) in [4.78, 5) is 0.147. The third-order valence-corrected chi connectivity index (χ3v) is 6.67. The van der Waals surface area contributed by atoms with Gasteiger partial charge in [-0.1, -0.05) is 47.2 Å². The van der Waals surface area contributed by atoms with Gasteiger partial charge in [-0.25, -0.2) is 8.42 Å². The van der Waals surface area contributed by atoms with E-state index in [0.717, 1.165) is 27.7 Å². The summed E-state index contributed by atoms with van der Waals surface area (Å²) in [6, 6.07) is 17.4. The van der Waals surface area contributed by atoms with E-state index in [9.17, 15) is 8.42 Å². The lowest BCUT2D eigenvalue weighted by atomic mass is 10.1. The maximum Gasteiger partial charge on any atom is 0.263 e. The molecular formula is C19H14ClN3O3S2. The lowest BCUT2D eigenvalue weighted by Gasteiger charge is -2.07. The van der Waals surface area contributed by atoms with Crippen LogP contribution < -0.4 is 9.46 Å². The highest BCUT2D eigenvalue weighted by atomic mass is 35.5. The molecule has 1 aromatic heterocycles. The third-order valence-electron chi connectivity index (χ3n) is 4.07. The molecule has 0 aliphatic heterocycles. The van der Waals surface area contributed by atoms with Crippen LogP contribution in [0.4, 0.5) is 5.13 Å². The highest BCUT2D eigenvalue weighted by Gasteiger charge is 2.18. The number of ether oxygens (including phenoxy) is 1. The third kappa shape index (κ3) is 3.80. The Morgan fingerprint density at radius 2 is 1.68 bits per heavy atom. The number of hydrogen-bond donors (Lipinski definition) is 1. The molecular weight excluding hydrogens is 418 g/mol. The molecule has 6 nitrogen and oxygen atoms in total. The molecule has 0 saturated heterocycles. The number of methoxy groups -OCH3 is 1. The Balaban J connectivity index is 1.60. The zero-order chi connectivity index (χ0) is 19.7. The molecule has 0 radical (unpaired) electrons. The van der Waals surface area contributed by atoms with Gasteiger partial charge in [0.15, 0.2) is 0 Å². The second-order valence-corrected chi connectivity index (χ2v) is 9.00. The van der Waals surface area contributed by atoms with Gasteiger partial charge in [0, 0.05) is 10.6 Å². The molecule has 0 atom stereocenters. The summed E-state index contributed by atoms with van der Waals surface area (Å²) >= 11 is 7.04. The van der Waals surface area contributed by atoms with Crippen molar-refractivity contribution in [3.05, 3.63) is 65.7 Å². The summed E-state index contributed by atoms with van der Waals surface area (Å²) in [6.07, 6.45) is 0. The highest BCUT2D eigenvalue weighted by Crippen LogP contribution is 2.29. The number of benzene rings is 3. The summed E-state index contributed by atoms with van der Waals surface area (Å²) in [7, 11) is -2.20. The van der Waals surface area contributed by atoms with E-state index in [2.05, 4.69) is 14.9 Å². The van der Waals surface area contributed by atoms with Crippen LogP contribution in [-0.2, 0) is 10.0 Å². The van der Waals surface area contributed by atoms with Crippen molar-refractivity contribution in [2.24, 2.45) is 0 Å². The van der Waals surface area contributed by atoms with Crippen LogP contribution in [0.15, 0.2) is 65.6 Å². The van der Waals surface area contributed by atoms with E-state index in [4.69, 9.17) is 16.3 Å². The number of rotatable bonds is 5. The second-order valence-electron chi connectivity index (χ2n) is 5.90. The largest absolute Gasteiger partial charge is 0.497 e. The van der Waals surface area contributed by atoms with E-state index in [1.54, 1.807) is 55.6 Å². The minimum Gasteiger partial charge on any atom is -0.497 e. The fourth-order valence-corrected chi connectivity index (χ4v) is 4.78. The molecule has 4 aromatic rings. The van der Waals surface area contributed by atoms with Crippen LogP contribution in [0.1, 0.15) is 0 Å². The Hall–Kier alpha value is -2.68. The molecule has 0 amide bonds. The number of anilines is 1. The Bertz CT molecular complexity index is 1260. The second kappa shape index (κ2) is 7.38. The van der Waals surface area contributed by atoms with Crippen LogP contribution >= 0.6 is 22.9 Å². The summed E-state index contributed by atoms with van der Waals surface area (Å²) in [5.41, 5.74) is 0.812. The molecule has 0 bridgehead atoms. The number of hydrogen-bond acceptors (Lipinski definition) is 6. The van der Waals surface area contributed by atoms with Crippen LogP contribution in [0, 0.1) is 0 Å². The maximum atomic E-state index is 12.7. The Kier molecular flexibility index (Phi) is 4.92. The molecule has 4 rings (SSSR count). The molecule has 0 unspecified atom stereocenters. The number of nitrogens with zero attached hydrogens (tertiary/aromatic N) is 2. The van der Waals surface area contributed by atoms with Crippen molar-refractivity contribution in [3.8, 4) is 16.3 Å². The van der Waals surface area contributed by atoms with Crippen molar-refractivity contribution in [1.29, 1.82) is 0 Å². The average molecular weight is 432 g/mol. The molecule has 28 heavy (non-hydrogen) atoms.